The molecule has 0 radical (unpaired) electrons. The van der Waals surface area contributed by atoms with Crippen molar-refractivity contribution in [2.45, 2.75) is 19.3 Å². The molecule has 4 heteroatoms. The van der Waals surface area contributed by atoms with Crippen molar-refractivity contribution in [1.82, 2.24) is 10.3 Å². The van der Waals surface area contributed by atoms with Gasteiger partial charge in [0.25, 0.3) is 0 Å². The molecule has 20 heavy (non-hydrogen) atoms. The van der Waals surface area contributed by atoms with E-state index in [2.05, 4.69) is 22.4 Å². The summed E-state index contributed by atoms with van der Waals surface area (Å²) in [4.78, 5) is 15.3. The second kappa shape index (κ2) is 6.09. The van der Waals surface area contributed by atoms with Crippen molar-refractivity contribution < 1.29 is 9.53 Å². The summed E-state index contributed by atoms with van der Waals surface area (Å²) in [6.07, 6.45) is 4.59. The fourth-order valence-corrected chi connectivity index (χ4v) is 2.76. The van der Waals surface area contributed by atoms with Crippen molar-refractivity contribution in [2.75, 3.05) is 19.8 Å². The number of carbonyl (C=O) groups is 1. The first kappa shape index (κ1) is 13.2. The van der Waals surface area contributed by atoms with Crippen LogP contribution in [0.25, 0.3) is 10.9 Å². The van der Waals surface area contributed by atoms with Crippen LogP contribution < -0.4 is 5.32 Å². The van der Waals surface area contributed by atoms with Crippen LogP contribution >= 0.6 is 0 Å². The fourth-order valence-electron chi connectivity index (χ4n) is 2.76. The molecule has 1 aromatic heterocycles. The summed E-state index contributed by atoms with van der Waals surface area (Å²) in [6.45, 7) is 2.11. The number of carbonyl (C=O) groups excluding carboxylic acids is 1. The average Bonchev–Trinajstić information content (AvgIpc) is 2.92. The van der Waals surface area contributed by atoms with Crippen LogP contribution in [0, 0.1) is 5.92 Å². The molecule has 2 N–H and O–H groups in total. The van der Waals surface area contributed by atoms with Gasteiger partial charge in [0, 0.05) is 42.8 Å². The molecule has 0 spiro atoms. The number of rotatable bonds is 4. The number of ether oxygens (including phenoxy) is 1. The van der Waals surface area contributed by atoms with E-state index in [-0.39, 0.29) is 11.8 Å². The SMILES string of the molecule is O=C(NCCc1c[nH]c2ccccc12)C1CCOCC1. The zero-order chi connectivity index (χ0) is 13.8. The standard InChI is InChI=1S/C16H20N2O2/c19-16(12-6-9-20-10-7-12)17-8-5-13-11-18-15-4-2-1-3-14(13)15/h1-4,11-12,18H,5-10H2,(H,17,19). The van der Waals surface area contributed by atoms with Crippen LogP contribution in [0.3, 0.4) is 0 Å². The monoisotopic (exact) mass is 272 g/mol. The topological polar surface area (TPSA) is 54.1 Å². The molecule has 0 saturated carbocycles. The van der Waals surface area contributed by atoms with Crippen LogP contribution in [-0.4, -0.2) is 30.6 Å². The number of H-pyrrole nitrogens is 1. The van der Waals surface area contributed by atoms with Gasteiger partial charge >= 0.3 is 0 Å². The first-order valence-corrected chi connectivity index (χ1v) is 7.25. The second-order valence-corrected chi connectivity index (χ2v) is 5.29. The third-order valence-electron chi connectivity index (χ3n) is 3.96. The van der Waals surface area contributed by atoms with Gasteiger partial charge in [-0.3, -0.25) is 4.79 Å². The Balaban J connectivity index is 1.53. The Bertz CT molecular complexity index is 585. The highest BCUT2D eigenvalue weighted by Crippen LogP contribution is 2.18. The number of amides is 1. The maximum Gasteiger partial charge on any atom is 0.223 e. The highest BCUT2D eigenvalue weighted by molar-refractivity contribution is 5.83. The third kappa shape index (κ3) is 2.85. The molecule has 2 heterocycles. The molecule has 4 nitrogen and oxygen atoms in total. The second-order valence-electron chi connectivity index (χ2n) is 5.29. The number of para-hydroxylation sites is 1. The van der Waals surface area contributed by atoms with Gasteiger partial charge < -0.3 is 15.0 Å². The van der Waals surface area contributed by atoms with E-state index in [0.29, 0.717) is 19.8 Å². The zero-order valence-corrected chi connectivity index (χ0v) is 11.5. The molecule has 1 amide bonds. The highest BCUT2D eigenvalue weighted by atomic mass is 16.5. The van der Waals surface area contributed by atoms with Gasteiger partial charge in [0.1, 0.15) is 0 Å². The maximum atomic E-state index is 12.0. The predicted molar refractivity (Wildman–Crippen MR) is 78.6 cm³/mol. The lowest BCUT2D eigenvalue weighted by atomic mass is 9.99. The van der Waals surface area contributed by atoms with Crippen molar-refractivity contribution in [3.05, 3.63) is 36.0 Å². The van der Waals surface area contributed by atoms with Gasteiger partial charge in [-0.15, -0.1) is 0 Å². The summed E-state index contributed by atoms with van der Waals surface area (Å²) in [5.74, 6) is 0.305. The van der Waals surface area contributed by atoms with Gasteiger partial charge in [-0.1, -0.05) is 18.2 Å². The lowest BCUT2D eigenvalue weighted by Crippen LogP contribution is -2.35. The van der Waals surface area contributed by atoms with Crippen LogP contribution in [0.2, 0.25) is 0 Å². The molecule has 0 atom stereocenters. The van der Waals surface area contributed by atoms with Gasteiger partial charge in [0.15, 0.2) is 0 Å². The van der Waals surface area contributed by atoms with Crippen molar-refractivity contribution in [2.24, 2.45) is 5.92 Å². The van der Waals surface area contributed by atoms with E-state index in [1.807, 2.05) is 18.3 Å². The van der Waals surface area contributed by atoms with Gasteiger partial charge in [-0.2, -0.15) is 0 Å². The van der Waals surface area contributed by atoms with Gasteiger partial charge in [-0.05, 0) is 30.9 Å². The van der Waals surface area contributed by atoms with E-state index in [1.165, 1.54) is 10.9 Å². The zero-order valence-electron chi connectivity index (χ0n) is 11.5. The van der Waals surface area contributed by atoms with E-state index >= 15 is 0 Å². The molecule has 0 unspecified atom stereocenters. The van der Waals surface area contributed by atoms with E-state index in [9.17, 15) is 4.79 Å². The van der Waals surface area contributed by atoms with Crippen molar-refractivity contribution >= 4 is 16.8 Å². The Morgan fingerprint density at radius 3 is 2.95 bits per heavy atom. The minimum absolute atomic E-state index is 0.131. The summed E-state index contributed by atoms with van der Waals surface area (Å²) in [5, 5.41) is 4.29. The minimum Gasteiger partial charge on any atom is -0.381 e. The molecule has 3 rings (SSSR count). The molecular weight excluding hydrogens is 252 g/mol. The lowest BCUT2D eigenvalue weighted by molar-refractivity contribution is -0.127. The third-order valence-corrected chi connectivity index (χ3v) is 3.96. The van der Waals surface area contributed by atoms with Crippen LogP contribution in [0.1, 0.15) is 18.4 Å². The largest absolute Gasteiger partial charge is 0.381 e. The number of nitrogens with one attached hydrogen (secondary N) is 2. The molecular formula is C16H20N2O2. The molecule has 2 aromatic rings. The molecule has 1 aliphatic rings. The quantitative estimate of drug-likeness (QED) is 0.897. The molecule has 106 valence electrons. The van der Waals surface area contributed by atoms with E-state index in [0.717, 1.165) is 24.8 Å². The van der Waals surface area contributed by atoms with E-state index in [1.54, 1.807) is 0 Å². The number of hydrogen-bond donors (Lipinski definition) is 2. The summed E-state index contributed by atoms with van der Waals surface area (Å²) in [6, 6.07) is 8.25. The molecule has 1 fully saturated rings. The molecule has 1 aromatic carbocycles. The Hall–Kier alpha value is -1.81. The predicted octanol–water partition coefficient (Wildman–Crippen LogP) is 2.25. The summed E-state index contributed by atoms with van der Waals surface area (Å²) in [5.41, 5.74) is 2.41. The maximum absolute atomic E-state index is 12.0. The van der Waals surface area contributed by atoms with Crippen LogP contribution in [0.15, 0.2) is 30.5 Å². The van der Waals surface area contributed by atoms with Crippen LogP contribution in [0.4, 0.5) is 0 Å². The normalized spacial score (nSPS) is 16.4. The van der Waals surface area contributed by atoms with Crippen molar-refractivity contribution in [1.29, 1.82) is 0 Å². The number of fused-ring (bicyclic) bond motifs is 1. The average molecular weight is 272 g/mol. The first-order chi connectivity index (χ1) is 9.84. The van der Waals surface area contributed by atoms with Crippen molar-refractivity contribution in [3.63, 3.8) is 0 Å². The van der Waals surface area contributed by atoms with Gasteiger partial charge in [0.2, 0.25) is 5.91 Å². The summed E-state index contributed by atoms with van der Waals surface area (Å²) >= 11 is 0. The fraction of sp³-hybridized carbons (Fsp3) is 0.438. The van der Waals surface area contributed by atoms with E-state index < -0.39 is 0 Å². The molecule has 0 bridgehead atoms. The first-order valence-electron chi connectivity index (χ1n) is 7.25. The van der Waals surface area contributed by atoms with Gasteiger partial charge in [-0.25, -0.2) is 0 Å². The Morgan fingerprint density at radius 1 is 1.30 bits per heavy atom. The highest BCUT2D eigenvalue weighted by Gasteiger charge is 2.20. The van der Waals surface area contributed by atoms with E-state index in [4.69, 9.17) is 4.74 Å². The smallest absolute Gasteiger partial charge is 0.223 e. The summed E-state index contributed by atoms with van der Waals surface area (Å²) < 4.78 is 5.28. The number of aromatic amines is 1. The Kier molecular flexibility index (Phi) is 4.02. The lowest BCUT2D eigenvalue weighted by Gasteiger charge is -2.21. The van der Waals surface area contributed by atoms with Gasteiger partial charge in [0.05, 0.1) is 0 Å². The Labute approximate surface area is 118 Å². The molecule has 1 aliphatic heterocycles. The molecule has 1 saturated heterocycles. The molecule has 0 aliphatic carbocycles. The summed E-state index contributed by atoms with van der Waals surface area (Å²) in [7, 11) is 0. The van der Waals surface area contributed by atoms with Crippen LogP contribution in [0.5, 0.6) is 0 Å². The number of hydrogen-bond acceptors (Lipinski definition) is 2. The van der Waals surface area contributed by atoms with Crippen LogP contribution in [-0.2, 0) is 16.0 Å². The number of aromatic nitrogens is 1. The van der Waals surface area contributed by atoms with Crippen molar-refractivity contribution in [3.8, 4) is 0 Å². The Morgan fingerprint density at radius 2 is 2.10 bits per heavy atom. The minimum atomic E-state index is 0.131. The number of benzene rings is 1.